The van der Waals surface area contributed by atoms with E-state index >= 15 is 0 Å². The van der Waals surface area contributed by atoms with Gasteiger partial charge in [0, 0.05) is 5.92 Å². The highest BCUT2D eigenvalue weighted by atomic mass is 17.3. The zero-order chi connectivity index (χ0) is 12.5. The highest BCUT2D eigenvalue weighted by molar-refractivity contribution is 5.86. The van der Waals surface area contributed by atoms with Gasteiger partial charge in [0.05, 0.1) is 5.92 Å². The molecule has 0 aromatic carbocycles. The Morgan fingerprint density at radius 1 is 1.17 bits per heavy atom. The van der Waals surface area contributed by atoms with Gasteiger partial charge in [0.1, 0.15) is 17.5 Å². The molecule has 0 unspecified atom stereocenters. The summed E-state index contributed by atoms with van der Waals surface area (Å²) in [7, 11) is 0. The SMILES string of the molecule is C[C@]12OO[C@H](O1)[C@H]1O[C@]2(C)[C@@H]2CCCC[C@H]1C2=O. The standard InChI is InChI=1S/C13H18O5/c1-12-8-6-4-3-5-7(9(8)14)10(15-12)11-16-13(12,2)18-17-11/h7-8,10-11H,3-6H2,1-2H3/t7-,8+,10-,11-,12+,13+/m0/s1. The first-order valence-corrected chi connectivity index (χ1v) is 6.79. The smallest absolute Gasteiger partial charge is 0.231 e. The first kappa shape index (κ1) is 11.3. The number of ether oxygens (including phenoxy) is 2. The third kappa shape index (κ3) is 1.14. The number of rotatable bonds is 0. The second-order valence-corrected chi connectivity index (χ2v) is 6.15. The van der Waals surface area contributed by atoms with Crippen LogP contribution in [0, 0.1) is 11.8 Å². The van der Waals surface area contributed by atoms with Crippen LogP contribution < -0.4 is 0 Å². The zero-order valence-electron chi connectivity index (χ0n) is 10.7. The molecule has 3 saturated heterocycles. The number of ketones is 1. The van der Waals surface area contributed by atoms with Crippen molar-refractivity contribution in [2.24, 2.45) is 11.8 Å². The lowest BCUT2D eigenvalue weighted by atomic mass is 9.70. The third-order valence-corrected chi connectivity index (χ3v) is 5.22. The Morgan fingerprint density at radius 3 is 2.78 bits per heavy atom. The number of carbonyl (C=O) groups is 1. The number of carbonyl (C=O) groups excluding carboxylic acids is 1. The van der Waals surface area contributed by atoms with Crippen LogP contribution in [-0.4, -0.2) is 29.6 Å². The molecule has 0 amide bonds. The van der Waals surface area contributed by atoms with Crippen LogP contribution in [0.15, 0.2) is 0 Å². The van der Waals surface area contributed by atoms with Crippen molar-refractivity contribution >= 4 is 5.78 Å². The number of fused-ring (bicyclic) bond motifs is 10. The van der Waals surface area contributed by atoms with Crippen LogP contribution in [0.2, 0.25) is 0 Å². The molecule has 4 aliphatic rings. The summed E-state index contributed by atoms with van der Waals surface area (Å²) in [5.74, 6) is -0.889. The van der Waals surface area contributed by atoms with Crippen LogP contribution in [0.5, 0.6) is 0 Å². The van der Waals surface area contributed by atoms with Crippen LogP contribution in [0.4, 0.5) is 0 Å². The fourth-order valence-corrected chi connectivity index (χ4v) is 3.97. The monoisotopic (exact) mass is 254 g/mol. The predicted molar refractivity (Wildman–Crippen MR) is 59.2 cm³/mol. The molecular formula is C13H18O5. The highest BCUT2D eigenvalue weighted by Gasteiger charge is 2.71. The first-order chi connectivity index (χ1) is 8.55. The maximum atomic E-state index is 12.7. The molecule has 4 fully saturated rings. The summed E-state index contributed by atoms with van der Waals surface area (Å²) in [6.45, 7) is 3.73. The van der Waals surface area contributed by atoms with Gasteiger partial charge < -0.3 is 9.47 Å². The fourth-order valence-electron chi connectivity index (χ4n) is 3.97. The van der Waals surface area contributed by atoms with Gasteiger partial charge in [-0.05, 0) is 26.7 Å². The average Bonchev–Trinajstić information content (AvgIpc) is 2.61. The molecule has 0 N–H and O–H groups in total. The minimum absolute atomic E-state index is 0.0955. The van der Waals surface area contributed by atoms with E-state index in [-0.39, 0.29) is 17.9 Å². The molecule has 1 aliphatic carbocycles. The maximum absolute atomic E-state index is 12.7. The van der Waals surface area contributed by atoms with E-state index in [1.54, 1.807) is 0 Å². The Hall–Kier alpha value is -0.490. The van der Waals surface area contributed by atoms with E-state index in [1.165, 1.54) is 0 Å². The van der Waals surface area contributed by atoms with Crippen molar-refractivity contribution in [2.45, 2.75) is 63.3 Å². The van der Waals surface area contributed by atoms with Gasteiger partial charge in [0.25, 0.3) is 0 Å². The van der Waals surface area contributed by atoms with E-state index in [4.69, 9.17) is 19.2 Å². The summed E-state index contributed by atoms with van der Waals surface area (Å²) in [5, 5.41) is 0. The molecule has 3 heterocycles. The second-order valence-electron chi connectivity index (χ2n) is 6.15. The van der Waals surface area contributed by atoms with Crippen LogP contribution in [0.3, 0.4) is 0 Å². The Labute approximate surface area is 106 Å². The van der Waals surface area contributed by atoms with Crippen molar-refractivity contribution in [3.05, 3.63) is 0 Å². The molecule has 5 nitrogen and oxygen atoms in total. The molecule has 0 spiro atoms. The van der Waals surface area contributed by atoms with Crippen LogP contribution in [0.1, 0.15) is 39.5 Å². The number of Topliss-reactive ketones (excluding diaryl/α,β-unsaturated/α-hetero) is 1. The van der Waals surface area contributed by atoms with Gasteiger partial charge in [-0.3, -0.25) is 4.79 Å². The van der Waals surface area contributed by atoms with Crippen molar-refractivity contribution in [1.29, 1.82) is 0 Å². The van der Waals surface area contributed by atoms with E-state index in [0.717, 1.165) is 25.7 Å². The average molecular weight is 254 g/mol. The fraction of sp³-hybridized carbons (Fsp3) is 0.923. The van der Waals surface area contributed by atoms with E-state index < -0.39 is 17.7 Å². The molecule has 3 aliphatic heterocycles. The predicted octanol–water partition coefficient (Wildman–Crippen LogP) is 1.55. The van der Waals surface area contributed by atoms with Gasteiger partial charge >= 0.3 is 0 Å². The van der Waals surface area contributed by atoms with Gasteiger partial charge in [-0.1, -0.05) is 12.8 Å². The topological polar surface area (TPSA) is 54.0 Å². The summed E-state index contributed by atoms with van der Waals surface area (Å²) in [4.78, 5) is 23.3. The molecule has 100 valence electrons. The molecule has 0 aromatic heterocycles. The minimum Gasteiger partial charge on any atom is -0.359 e. The molecule has 18 heavy (non-hydrogen) atoms. The molecule has 6 atom stereocenters. The van der Waals surface area contributed by atoms with Gasteiger partial charge in [-0.2, -0.15) is 9.78 Å². The van der Waals surface area contributed by atoms with Gasteiger partial charge in [-0.15, -0.1) is 0 Å². The van der Waals surface area contributed by atoms with E-state index in [2.05, 4.69) is 0 Å². The van der Waals surface area contributed by atoms with Gasteiger partial charge in [0.2, 0.25) is 12.1 Å². The van der Waals surface area contributed by atoms with Gasteiger partial charge in [0.15, 0.2) is 0 Å². The normalized spacial score (nSPS) is 58.4. The zero-order valence-corrected chi connectivity index (χ0v) is 10.7. The quantitative estimate of drug-likeness (QED) is 0.614. The largest absolute Gasteiger partial charge is 0.359 e. The van der Waals surface area contributed by atoms with E-state index in [9.17, 15) is 4.79 Å². The molecule has 0 radical (unpaired) electrons. The lowest BCUT2D eigenvalue weighted by molar-refractivity contribution is -0.371. The number of hydrogen-bond donors (Lipinski definition) is 0. The molecule has 0 aromatic rings. The van der Waals surface area contributed by atoms with E-state index in [0.29, 0.717) is 5.78 Å². The lowest BCUT2D eigenvalue weighted by Crippen LogP contribution is -2.70. The molecule has 1 saturated carbocycles. The summed E-state index contributed by atoms with van der Waals surface area (Å²) < 4.78 is 12.1. The van der Waals surface area contributed by atoms with Crippen molar-refractivity contribution in [3.8, 4) is 0 Å². The van der Waals surface area contributed by atoms with Crippen molar-refractivity contribution in [3.63, 3.8) is 0 Å². The summed E-state index contributed by atoms with van der Waals surface area (Å²) in [6, 6.07) is 0. The summed E-state index contributed by atoms with van der Waals surface area (Å²) in [5.41, 5.74) is -0.734. The Morgan fingerprint density at radius 2 is 1.94 bits per heavy atom. The Kier molecular flexibility index (Phi) is 2.10. The molecular weight excluding hydrogens is 236 g/mol. The van der Waals surface area contributed by atoms with Crippen molar-refractivity contribution < 1.29 is 24.0 Å². The third-order valence-electron chi connectivity index (χ3n) is 5.22. The van der Waals surface area contributed by atoms with Crippen molar-refractivity contribution in [1.82, 2.24) is 0 Å². The van der Waals surface area contributed by atoms with Crippen molar-refractivity contribution in [2.75, 3.05) is 0 Å². The molecule has 4 rings (SSSR count). The summed E-state index contributed by atoms with van der Waals surface area (Å²) in [6.07, 6.45) is 3.00. The van der Waals surface area contributed by atoms with E-state index in [1.807, 2.05) is 13.8 Å². The first-order valence-electron chi connectivity index (χ1n) is 6.79. The van der Waals surface area contributed by atoms with Gasteiger partial charge in [-0.25, -0.2) is 0 Å². The maximum Gasteiger partial charge on any atom is 0.231 e. The van der Waals surface area contributed by atoms with Crippen LogP contribution in [-0.2, 0) is 24.0 Å². The highest BCUT2D eigenvalue weighted by Crippen LogP contribution is 2.56. The number of hydrogen-bond acceptors (Lipinski definition) is 5. The second kappa shape index (κ2) is 3.33. The van der Waals surface area contributed by atoms with Crippen LogP contribution in [0.25, 0.3) is 0 Å². The van der Waals surface area contributed by atoms with Crippen LogP contribution >= 0.6 is 0 Å². The Bertz CT molecular complexity index is 410. The summed E-state index contributed by atoms with van der Waals surface area (Å²) >= 11 is 0. The lowest BCUT2D eigenvalue weighted by Gasteiger charge is -2.54. The molecule has 5 heteroatoms. The molecule has 6 bridgehead atoms. The minimum atomic E-state index is -0.968. The Balaban J connectivity index is 1.85.